The van der Waals surface area contributed by atoms with Gasteiger partial charge in [0.2, 0.25) is 0 Å². The number of aliphatic hydroxyl groups excluding tert-OH is 1. The molecule has 18 heavy (non-hydrogen) atoms. The third-order valence-electron chi connectivity index (χ3n) is 3.19. The molecule has 0 bridgehead atoms. The zero-order valence-corrected chi connectivity index (χ0v) is 10.7. The lowest BCUT2D eigenvalue weighted by molar-refractivity contribution is 0.0655. The molecule has 0 radical (unpaired) electrons. The monoisotopic (exact) mass is 269 g/mol. The van der Waals surface area contributed by atoms with E-state index in [2.05, 4.69) is 0 Å². The molecule has 1 amide bonds. The summed E-state index contributed by atoms with van der Waals surface area (Å²) >= 11 is 1.01. The van der Waals surface area contributed by atoms with Crippen LogP contribution in [0.4, 0.5) is 0 Å². The van der Waals surface area contributed by atoms with Gasteiger partial charge in [0.25, 0.3) is 5.91 Å². The summed E-state index contributed by atoms with van der Waals surface area (Å²) in [5.74, 6) is -0.825. The van der Waals surface area contributed by atoms with Gasteiger partial charge in [-0.3, -0.25) is 4.79 Å². The molecular weight excluding hydrogens is 254 g/mol. The molecule has 1 aliphatic rings. The molecule has 0 aromatic carbocycles. The van der Waals surface area contributed by atoms with Crippen LogP contribution < -0.4 is 0 Å². The number of aromatic carboxylic acids is 1. The number of carbonyl (C=O) groups excluding carboxylic acids is 1. The van der Waals surface area contributed by atoms with E-state index in [9.17, 15) is 9.59 Å². The van der Waals surface area contributed by atoms with E-state index >= 15 is 0 Å². The number of carbonyl (C=O) groups is 2. The van der Waals surface area contributed by atoms with E-state index in [0.717, 1.165) is 24.2 Å². The molecule has 0 aliphatic carbocycles. The Kier molecular flexibility index (Phi) is 3.98. The van der Waals surface area contributed by atoms with Crippen molar-refractivity contribution in [2.45, 2.75) is 12.8 Å². The average Bonchev–Trinajstić information content (AvgIpc) is 2.88. The minimum absolute atomic E-state index is 0.108. The van der Waals surface area contributed by atoms with Gasteiger partial charge in [-0.05, 0) is 30.9 Å². The van der Waals surface area contributed by atoms with E-state index in [0.29, 0.717) is 18.0 Å². The number of piperidine rings is 1. The van der Waals surface area contributed by atoms with Crippen LogP contribution in [0.1, 0.15) is 32.2 Å². The zero-order valence-electron chi connectivity index (χ0n) is 9.83. The Morgan fingerprint density at radius 3 is 2.39 bits per heavy atom. The van der Waals surface area contributed by atoms with E-state index in [1.54, 1.807) is 11.0 Å². The molecule has 1 aromatic rings. The molecule has 1 saturated heterocycles. The number of hydrogen-bond acceptors (Lipinski definition) is 4. The number of thiophene rings is 1. The number of aliphatic hydroxyl groups is 1. The Morgan fingerprint density at radius 1 is 1.28 bits per heavy atom. The van der Waals surface area contributed by atoms with Crippen LogP contribution in [0.2, 0.25) is 0 Å². The Bertz CT molecular complexity index is 449. The molecule has 0 saturated carbocycles. The maximum absolute atomic E-state index is 12.1. The van der Waals surface area contributed by atoms with Gasteiger partial charge in [0.1, 0.15) is 4.88 Å². The van der Waals surface area contributed by atoms with Crippen molar-refractivity contribution in [3.8, 4) is 0 Å². The van der Waals surface area contributed by atoms with E-state index < -0.39 is 5.97 Å². The van der Waals surface area contributed by atoms with Gasteiger partial charge < -0.3 is 15.1 Å². The maximum Gasteiger partial charge on any atom is 0.345 e. The van der Waals surface area contributed by atoms with Crippen molar-refractivity contribution in [3.63, 3.8) is 0 Å². The highest BCUT2D eigenvalue weighted by Gasteiger charge is 2.24. The van der Waals surface area contributed by atoms with E-state index in [-0.39, 0.29) is 23.3 Å². The smallest absolute Gasteiger partial charge is 0.345 e. The molecule has 2 heterocycles. The summed E-state index contributed by atoms with van der Waals surface area (Å²) < 4.78 is 0. The first-order valence-electron chi connectivity index (χ1n) is 5.85. The van der Waals surface area contributed by atoms with Gasteiger partial charge in [-0.1, -0.05) is 0 Å². The van der Waals surface area contributed by atoms with Crippen molar-refractivity contribution in [1.82, 2.24) is 4.90 Å². The van der Waals surface area contributed by atoms with Gasteiger partial charge in [0, 0.05) is 19.7 Å². The lowest BCUT2D eigenvalue weighted by Crippen LogP contribution is -2.38. The highest BCUT2D eigenvalue weighted by atomic mass is 32.1. The second-order valence-corrected chi connectivity index (χ2v) is 5.47. The summed E-state index contributed by atoms with van der Waals surface area (Å²) in [6, 6.07) is 3.02. The number of rotatable bonds is 3. The Labute approximate surface area is 109 Å². The van der Waals surface area contributed by atoms with Gasteiger partial charge in [0.05, 0.1) is 4.88 Å². The average molecular weight is 269 g/mol. The minimum atomic E-state index is -1.00. The fraction of sp³-hybridized carbons (Fsp3) is 0.500. The molecule has 5 nitrogen and oxygen atoms in total. The highest BCUT2D eigenvalue weighted by molar-refractivity contribution is 7.15. The lowest BCUT2D eigenvalue weighted by Gasteiger charge is -2.30. The fourth-order valence-electron chi connectivity index (χ4n) is 2.04. The summed E-state index contributed by atoms with van der Waals surface area (Å²) in [6.45, 7) is 1.43. The van der Waals surface area contributed by atoms with Crippen LogP contribution in [-0.2, 0) is 0 Å². The standard InChI is InChI=1S/C12H15NO4S/c14-7-8-3-5-13(6-4-8)11(15)9-1-2-10(18-9)12(16)17/h1-2,8,14H,3-7H2,(H,16,17). The topological polar surface area (TPSA) is 77.8 Å². The van der Waals surface area contributed by atoms with Crippen molar-refractivity contribution in [1.29, 1.82) is 0 Å². The number of hydrogen-bond donors (Lipinski definition) is 2. The molecule has 2 N–H and O–H groups in total. The highest BCUT2D eigenvalue weighted by Crippen LogP contribution is 2.22. The number of carboxylic acids is 1. The fourth-order valence-corrected chi connectivity index (χ4v) is 2.86. The summed E-state index contributed by atoms with van der Waals surface area (Å²) in [6.07, 6.45) is 1.61. The Balaban J connectivity index is 2.01. The first-order chi connectivity index (χ1) is 8.61. The molecule has 0 spiro atoms. The first kappa shape index (κ1) is 13.0. The van der Waals surface area contributed by atoms with E-state index in [4.69, 9.17) is 10.2 Å². The van der Waals surface area contributed by atoms with Crippen LogP contribution >= 0.6 is 11.3 Å². The largest absolute Gasteiger partial charge is 0.477 e. The second-order valence-electron chi connectivity index (χ2n) is 4.39. The molecule has 1 aliphatic heterocycles. The van der Waals surface area contributed by atoms with Crippen molar-refractivity contribution in [3.05, 3.63) is 21.9 Å². The zero-order chi connectivity index (χ0) is 13.1. The van der Waals surface area contributed by atoms with Gasteiger partial charge >= 0.3 is 5.97 Å². The van der Waals surface area contributed by atoms with Crippen LogP contribution in [0.5, 0.6) is 0 Å². The molecule has 0 atom stereocenters. The third-order valence-corrected chi connectivity index (χ3v) is 4.25. The summed E-state index contributed by atoms with van der Waals surface area (Å²) in [7, 11) is 0. The molecule has 6 heteroatoms. The van der Waals surface area contributed by atoms with Crippen LogP contribution in [0.3, 0.4) is 0 Å². The Hall–Kier alpha value is -1.40. The SMILES string of the molecule is O=C(O)c1ccc(C(=O)N2CCC(CO)CC2)s1. The summed E-state index contributed by atoms with van der Waals surface area (Å²) in [5, 5.41) is 17.8. The number of likely N-dealkylation sites (tertiary alicyclic amines) is 1. The van der Waals surface area contributed by atoms with Gasteiger partial charge in [-0.25, -0.2) is 4.79 Å². The summed E-state index contributed by atoms with van der Waals surface area (Å²) in [4.78, 5) is 25.2. The molecule has 2 rings (SSSR count). The quantitative estimate of drug-likeness (QED) is 0.866. The predicted octanol–water partition coefficient (Wildman–Crippen LogP) is 1.29. The van der Waals surface area contributed by atoms with Gasteiger partial charge in [-0.2, -0.15) is 0 Å². The molecule has 0 unspecified atom stereocenters. The van der Waals surface area contributed by atoms with Crippen LogP contribution in [0.25, 0.3) is 0 Å². The van der Waals surface area contributed by atoms with Crippen LogP contribution in [-0.4, -0.2) is 46.7 Å². The number of amides is 1. The van der Waals surface area contributed by atoms with Crippen molar-refractivity contribution in [2.75, 3.05) is 19.7 Å². The molecule has 98 valence electrons. The van der Waals surface area contributed by atoms with Gasteiger partial charge in [-0.15, -0.1) is 11.3 Å². The van der Waals surface area contributed by atoms with Crippen molar-refractivity contribution >= 4 is 23.2 Å². The van der Waals surface area contributed by atoms with E-state index in [1.165, 1.54) is 6.07 Å². The van der Waals surface area contributed by atoms with Crippen LogP contribution in [0, 0.1) is 5.92 Å². The van der Waals surface area contributed by atoms with Crippen LogP contribution in [0.15, 0.2) is 12.1 Å². The first-order valence-corrected chi connectivity index (χ1v) is 6.66. The molecule has 1 aromatic heterocycles. The molecule has 1 fully saturated rings. The lowest BCUT2D eigenvalue weighted by atomic mass is 9.98. The number of nitrogens with zero attached hydrogens (tertiary/aromatic N) is 1. The van der Waals surface area contributed by atoms with E-state index in [1.807, 2.05) is 0 Å². The predicted molar refractivity (Wildman–Crippen MR) is 67.0 cm³/mol. The van der Waals surface area contributed by atoms with Crippen molar-refractivity contribution < 1.29 is 19.8 Å². The summed E-state index contributed by atoms with van der Waals surface area (Å²) in [5.41, 5.74) is 0. The van der Waals surface area contributed by atoms with Gasteiger partial charge in [0.15, 0.2) is 0 Å². The molecular formula is C12H15NO4S. The number of carboxylic acid groups (broad SMARTS) is 1. The second kappa shape index (κ2) is 5.49. The minimum Gasteiger partial charge on any atom is -0.477 e. The maximum atomic E-state index is 12.1. The Morgan fingerprint density at radius 2 is 1.89 bits per heavy atom. The third kappa shape index (κ3) is 2.70. The van der Waals surface area contributed by atoms with Crippen molar-refractivity contribution in [2.24, 2.45) is 5.92 Å². The normalized spacial score (nSPS) is 16.8.